The molecule has 0 aliphatic carbocycles. The van der Waals surface area contributed by atoms with Crippen LogP contribution in [0.3, 0.4) is 0 Å². The average Bonchev–Trinajstić information content (AvgIpc) is 2.84. The van der Waals surface area contributed by atoms with Crippen LogP contribution in [-0.2, 0) is 0 Å². The van der Waals surface area contributed by atoms with Crippen molar-refractivity contribution in [1.82, 2.24) is 4.90 Å². The molecular formula is C15H24N2. The topological polar surface area (TPSA) is 29.3 Å². The highest BCUT2D eigenvalue weighted by Gasteiger charge is 2.24. The van der Waals surface area contributed by atoms with Crippen LogP contribution in [0.5, 0.6) is 0 Å². The zero-order chi connectivity index (χ0) is 11.9. The van der Waals surface area contributed by atoms with Gasteiger partial charge in [-0.3, -0.25) is 4.90 Å². The summed E-state index contributed by atoms with van der Waals surface area (Å²) in [5, 5.41) is 0. The molecular weight excluding hydrogens is 208 g/mol. The normalized spacial score (nSPS) is 20.9. The molecule has 1 aliphatic heterocycles. The number of hydrogen-bond acceptors (Lipinski definition) is 2. The minimum Gasteiger partial charge on any atom is -0.330 e. The van der Waals surface area contributed by atoms with E-state index in [1.54, 1.807) is 0 Å². The zero-order valence-electron chi connectivity index (χ0n) is 10.6. The molecule has 0 aromatic heterocycles. The molecule has 1 fully saturated rings. The quantitative estimate of drug-likeness (QED) is 0.764. The van der Waals surface area contributed by atoms with E-state index in [1.165, 1.54) is 50.8 Å². The Balaban J connectivity index is 1.85. The van der Waals surface area contributed by atoms with Crippen LogP contribution >= 0.6 is 0 Å². The number of nitrogens with zero attached hydrogens (tertiary/aromatic N) is 1. The van der Waals surface area contributed by atoms with Gasteiger partial charge < -0.3 is 5.73 Å². The van der Waals surface area contributed by atoms with E-state index in [0.29, 0.717) is 6.04 Å². The summed E-state index contributed by atoms with van der Waals surface area (Å²) in [5.74, 6) is 0. The minimum absolute atomic E-state index is 0.661. The lowest BCUT2D eigenvalue weighted by Crippen LogP contribution is -2.24. The molecule has 1 aromatic carbocycles. The molecule has 1 aromatic rings. The fourth-order valence-corrected chi connectivity index (χ4v) is 2.78. The first-order valence-electron chi connectivity index (χ1n) is 6.91. The van der Waals surface area contributed by atoms with Crippen LogP contribution in [0.15, 0.2) is 30.3 Å². The molecule has 0 amide bonds. The van der Waals surface area contributed by atoms with Crippen molar-refractivity contribution in [1.29, 1.82) is 0 Å². The summed E-state index contributed by atoms with van der Waals surface area (Å²) < 4.78 is 0. The summed E-state index contributed by atoms with van der Waals surface area (Å²) in [7, 11) is 0. The van der Waals surface area contributed by atoms with E-state index in [2.05, 4.69) is 35.2 Å². The molecule has 94 valence electrons. The second kappa shape index (κ2) is 6.77. The van der Waals surface area contributed by atoms with Crippen LogP contribution in [0, 0.1) is 0 Å². The second-order valence-corrected chi connectivity index (χ2v) is 4.95. The third-order valence-electron chi connectivity index (χ3n) is 3.70. The van der Waals surface area contributed by atoms with Gasteiger partial charge in [0.15, 0.2) is 0 Å². The lowest BCUT2D eigenvalue weighted by atomic mass is 10.0. The number of unbranched alkanes of at least 4 members (excludes halogenated alkanes) is 2. The number of nitrogens with two attached hydrogens (primary N) is 1. The van der Waals surface area contributed by atoms with Crippen molar-refractivity contribution < 1.29 is 0 Å². The highest BCUT2D eigenvalue weighted by Crippen LogP contribution is 2.31. The van der Waals surface area contributed by atoms with Crippen LogP contribution in [0.4, 0.5) is 0 Å². The van der Waals surface area contributed by atoms with Gasteiger partial charge in [-0.15, -0.1) is 0 Å². The lowest BCUT2D eigenvalue weighted by molar-refractivity contribution is 0.251. The molecule has 17 heavy (non-hydrogen) atoms. The number of hydrogen-bond donors (Lipinski definition) is 1. The predicted octanol–water partition coefficient (Wildman–Crippen LogP) is 2.95. The largest absolute Gasteiger partial charge is 0.330 e. The van der Waals surface area contributed by atoms with Crippen LogP contribution in [0.25, 0.3) is 0 Å². The fourth-order valence-electron chi connectivity index (χ4n) is 2.78. The zero-order valence-corrected chi connectivity index (χ0v) is 10.6. The van der Waals surface area contributed by atoms with E-state index in [4.69, 9.17) is 5.73 Å². The average molecular weight is 232 g/mol. The van der Waals surface area contributed by atoms with E-state index in [1.807, 2.05) is 0 Å². The van der Waals surface area contributed by atoms with Gasteiger partial charge in [-0.1, -0.05) is 36.8 Å². The Kier molecular flexibility index (Phi) is 5.02. The molecule has 1 saturated heterocycles. The van der Waals surface area contributed by atoms with E-state index >= 15 is 0 Å². The molecule has 1 heterocycles. The number of rotatable bonds is 6. The van der Waals surface area contributed by atoms with Crippen LogP contribution in [-0.4, -0.2) is 24.5 Å². The van der Waals surface area contributed by atoms with Crippen molar-refractivity contribution in [3.8, 4) is 0 Å². The van der Waals surface area contributed by atoms with Crippen LogP contribution < -0.4 is 5.73 Å². The molecule has 2 N–H and O–H groups in total. The van der Waals surface area contributed by atoms with Crippen molar-refractivity contribution in [2.24, 2.45) is 5.73 Å². The monoisotopic (exact) mass is 232 g/mol. The van der Waals surface area contributed by atoms with Gasteiger partial charge >= 0.3 is 0 Å². The van der Waals surface area contributed by atoms with E-state index in [9.17, 15) is 0 Å². The van der Waals surface area contributed by atoms with Gasteiger partial charge in [0.2, 0.25) is 0 Å². The third-order valence-corrected chi connectivity index (χ3v) is 3.70. The summed E-state index contributed by atoms with van der Waals surface area (Å²) in [4.78, 5) is 2.64. The first-order valence-corrected chi connectivity index (χ1v) is 6.91. The van der Waals surface area contributed by atoms with Crippen molar-refractivity contribution in [3.63, 3.8) is 0 Å². The Hall–Kier alpha value is -0.860. The molecule has 1 unspecified atom stereocenters. The SMILES string of the molecule is NCCCCCN1CCCC1c1ccccc1. The highest BCUT2D eigenvalue weighted by molar-refractivity contribution is 5.19. The molecule has 2 rings (SSSR count). The summed E-state index contributed by atoms with van der Waals surface area (Å²) >= 11 is 0. The molecule has 0 radical (unpaired) electrons. The maximum Gasteiger partial charge on any atom is 0.0348 e. The third kappa shape index (κ3) is 3.55. The summed E-state index contributed by atoms with van der Waals surface area (Å²) in [6.45, 7) is 3.34. The first kappa shape index (κ1) is 12.6. The summed E-state index contributed by atoms with van der Waals surface area (Å²) in [6.07, 6.45) is 6.40. The Bertz CT molecular complexity index is 310. The second-order valence-electron chi connectivity index (χ2n) is 4.95. The Labute approximate surface area is 105 Å². The molecule has 2 heteroatoms. The number of benzene rings is 1. The molecule has 0 saturated carbocycles. The smallest absolute Gasteiger partial charge is 0.0348 e. The van der Waals surface area contributed by atoms with Gasteiger partial charge in [0.1, 0.15) is 0 Å². The Morgan fingerprint density at radius 2 is 1.94 bits per heavy atom. The van der Waals surface area contributed by atoms with Gasteiger partial charge in [0, 0.05) is 6.04 Å². The minimum atomic E-state index is 0.661. The van der Waals surface area contributed by atoms with E-state index in [0.717, 1.165) is 6.54 Å². The van der Waals surface area contributed by atoms with Gasteiger partial charge in [0.25, 0.3) is 0 Å². The number of likely N-dealkylation sites (tertiary alicyclic amines) is 1. The predicted molar refractivity (Wildman–Crippen MR) is 72.9 cm³/mol. The standard InChI is InChI=1S/C15H24N2/c16-11-5-2-6-12-17-13-7-10-15(17)14-8-3-1-4-9-14/h1,3-4,8-9,15H,2,5-7,10-13,16H2. The van der Waals surface area contributed by atoms with Crippen LogP contribution in [0.1, 0.15) is 43.7 Å². The summed E-state index contributed by atoms with van der Waals surface area (Å²) in [6, 6.07) is 11.6. The molecule has 0 bridgehead atoms. The van der Waals surface area contributed by atoms with Crippen LogP contribution in [0.2, 0.25) is 0 Å². The molecule has 0 spiro atoms. The van der Waals surface area contributed by atoms with Crippen molar-refractivity contribution in [3.05, 3.63) is 35.9 Å². The first-order chi connectivity index (χ1) is 8.42. The van der Waals surface area contributed by atoms with Crippen molar-refractivity contribution in [2.45, 2.75) is 38.1 Å². The molecule has 1 atom stereocenters. The molecule has 2 nitrogen and oxygen atoms in total. The van der Waals surface area contributed by atoms with Gasteiger partial charge in [0.05, 0.1) is 0 Å². The molecule has 1 aliphatic rings. The van der Waals surface area contributed by atoms with Gasteiger partial charge in [-0.2, -0.15) is 0 Å². The highest BCUT2D eigenvalue weighted by atomic mass is 15.2. The van der Waals surface area contributed by atoms with Gasteiger partial charge in [-0.25, -0.2) is 0 Å². The Morgan fingerprint density at radius 1 is 1.12 bits per heavy atom. The Morgan fingerprint density at radius 3 is 2.71 bits per heavy atom. The van der Waals surface area contributed by atoms with Crippen molar-refractivity contribution in [2.75, 3.05) is 19.6 Å². The summed E-state index contributed by atoms with van der Waals surface area (Å²) in [5.41, 5.74) is 7.02. The maximum atomic E-state index is 5.53. The fraction of sp³-hybridized carbons (Fsp3) is 0.600. The lowest BCUT2D eigenvalue weighted by Gasteiger charge is -2.24. The van der Waals surface area contributed by atoms with E-state index in [-0.39, 0.29) is 0 Å². The van der Waals surface area contributed by atoms with E-state index < -0.39 is 0 Å². The van der Waals surface area contributed by atoms with Gasteiger partial charge in [-0.05, 0) is 50.9 Å². The van der Waals surface area contributed by atoms with Crippen molar-refractivity contribution >= 4 is 0 Å². The maximum absolute atomic E-state index is 5.53.